The topological polar surface area (TPSA) is 75.9 Å². The van der Waals surface area contributed by atoms with E-state index in [1.165, 1.54) is 11.1 Å². The van der Waals surface area contributed by atoms with Gasteiger partial charge >= 0.3 is 0 Å². The van der Waals surface area contributed by atoms with E-state index in [4.69, 9.17) is 5.10 Å². The van der Waals surface area contributed by atoms with Crippen molar-refractivity contribution in [2.45, 2.75) is 20.3 Å². The highest BCUT2D eigenvalue weighted by molar-refractivity contribution is 6.01. The summed E-state index contributed by atoms with van der Waals surface area (Å²) in [5, 5.41) is 13.7. The van der Waals surface area contributed by atoms with Crippen LogP contribution in [0.25, 0.3) is 44.3 Å². The fraction of sp³-hybridized carbons (Fsp3) is 0.290. The van der Waals surface area contributed by atoms with Crippen LogP contribution in [0.1, 0.15) is 20.3 Å². The van der Waals surface area contributed by atoms with Gasteiger partial charge in [0.1, 0.15) is 5.69 Å². The van der Waals surface area contributed by atoms with Gasteiger partial charge in [-0.3, -0.25) is 10.1 Å². The van der Waals surface area contributed by atoms with E-state index in [0.29, 0.717) is 5.92 Å². The molecule has 5 aromatic rings. The Labute approximate surface area is 223 Å². The summed E-state index contributed by atoms with van der Waals surface area (Å²) in [6.45, 7) is 12.8. The van der Waals surface area contributed by atoms with Gasteiger partial charge in [-0.2, -0.15) is 5.10 Å². The standard InChI is InChI=1S/C31H35N7/c1-20(2)14-21(3)33-24-15-23(18-32-19-24)22-8-9-28-26(16-22)31(36-35-28)29-17-25-27(34-29)6-5-7-30(25)38-12-10-37(4)11-13-38/h5-9,15-20,33-34H,3,10-14H2,1-2,4H3,(H,35,36). The molecule has 0 radical (unpaired) electrons. The van der Waals surface area contributed by atoms with E-state index in [1.54, 1.807) is 0 Å². The number of piperazine rings is 1. The summed E-state index contributed by atoms with van der Waals surface area (Å²) in [5.74, 6) is 0.551. The van der Waals surface area contributed by atoms with Crippen molar-refractivity contribution in [2.24, 2.45) is 5.92 Å². The predicted octanol–water partition coefficient (Wildman–Crippen LogP) is 6.50. The number of likely N-dealkylation sites (N-methyl/N-ethyl adjacent to an activating group) is 1. The molecular formula is C31H35N7. The van der Waals surface area contributed by atoms with Crippen LogP contribution >= 0.6 is 0 Å². The van der Waals surface area contributed by atoms with Crippen molar-refractivity contribution in [3.05, 3.63) is 73.2 Å². The van der Waals surface area contributed by atoms with E-state index in [0.717, 1.165) is 82.9 Å². The smallest absolute Gasteiger partial charge is 0.116 e. The highest BCUT2D eigenvalue weighted by Gasteiger charge is 2.19. The quantitative estimate of drug-likeness (QED) is 0.235. The number of benzene rings is 2. The van der Waals surface area contributed by atoms with E-state index in [-0.39, 0.29) is 0 Å². The van der Waals surface area contributed by atoms with Crippen LogP contribution < -0.4 is 10.2 Å². The summed E-state index contributed by atoms with van der Waals surface area (Å²) in [4.78, 5) is 13.0. The Morgan fingerprint density at radius 3 is 2.63 bits per heavy atom. The monoisotopic (exact) mass is 505 g/mol. The van der Waals surface area contributed by atoms with Crippen LogP contribution in [0.4, 0.5) is 11.4 Å². The molecular weight excluding hydrogens is 470 g/mol. The van der Waals surface area contributed by atoms with Crippen LogP contribution in [0.3, 0.4) is 0 Å². The van der Waals surface area contributed by atoms with Gasteiger partial charge in [0.05, 0.1) is 23.1 Å². The molecule has 2 aromatic carbocycles. The van der Waals surface area contributed by atoms with Crippen molar-refractivity contribution >= 4 is 33.2 Å². The predicted molar refractivity (Wildman–Crippen MR) is 159 cm³/mol. The van der Waals surface area contributed by atoms with Gasteiger partial charge in [-0.15, -0.1) is 0 Å². The molecule has 0 amide bonds. The first-order chi connectivity index (χ1) is 18.4. The lowest BCUT2D eigenvalue weighted by atomic mass is 10.0. The molecule has 1 saturated heterocycles. The molecule has 0 bridgehead atoms. The third kappa shape index (κ3) is 4.77. The lowest BCUT2D eigenvalue weighted by Gasteiger charge is -2.34. The van der Waals surface area contributed by atoms with Crippen LogP contribution in [-0.2, 0) is 0 Å². The van der Waals surface area contributed by atoms with Gasteiger partial charge in [-0.25, -0.2) is 0 Å². The Bertz CT molecular complexity index is 1600. The zero-order chi connectivity index (χ0) is 26.2. The number of pyridine rings is 1. The number of nitrogens with one attached hydrogen (secondary N) is 3. The van der Waals surface area contributed by atoms with E-state index in [1.807, 2.05) is 12.4 Å². The van der Waals surface area contributed by atoms with Crippen molar-refractivity contribution in [2.75, 3.05) is 43.4 Å². The third-order valence-electron chi connectivity index (χ3n) is 7.35. The summed E-state index contributed by atoms with van der Waals surface area (Å²) in [5.41, 5.74) is 9.47. The van der Waals surface area contributed by atoms with Crippen molar-refractivity contribution in [3.8, 4) is 22.5 Å². The zero-order valence-corrected chi connectivity index (χ0v) is 22.4. The average molecular weight is 506 g/mol. The number of allylic oxidation sites excluding steroid dienone is 1. The molecule has 0 saturated carbocycles. The summed E-state index contributed by atoms with van der Waals surface area (Å²) < 4.78 is 0. The fourth-order valence-corrected chi connectivity index (χ4v) is 5.40. The van der Waals surface area contributed by atoms with Crippen molar-refractivity contribution in [1.82, 2.24) is 25.1 Å². The van der Waals surface area contributed by atoms with Crippen LogP contribution in [0.15, 0.2) is 73.2 Å². The average Bonchev–Trinajstić information content (AvgIpc) is 3.52. The molecule has 0 atom stereocenters. The Morgan fingerprint density at radius 2 is 1.82 bits per heavy atom. The summed E-state index contributed by atoms with van der Waals surface area (Å²) in [6, 6.07) is 17.3. The largest absolute Gasteiger partial charge is 0.368 e. The summed E-state index contributed by atoms with van der Waals surface area (Å²) in [6.07, 6.45) is 4.68. The maximum Gasteiger partial charge on any atom is 0.116 e. The second-order valence-corrected chi connectivity index (χ2v) is 10.8. The van der Waals surface area contributed by atoms with Gasteiger partial charge in [0.25, 0.3) is 0 Å². The van der Waals surface area contributed by atoms with Crippen LogP contribution in [-0.4, -0.2) is 58.3 Å². The maximum atomic E-state index is 4.72. The highest BCUT2D eigenvalue weighted by atomic mass is 15.2. The van der Waals surface area contributed by atoms with E-state index in [9.17, 15) is 0 Å². The minimum atomic E-state index is 0.551. The Balaban J connectivity index is 1.34. The van der Waals surface area contributed by atoms with Gasteiger partial charge in [-0.05, 0) is 61.3 Å². The van der Waals surface area contributed by atoms with Gasteiger partial charge in [0.2, 0.25) is 0 Å². The van der Waals surface area contributed by atoms with Crippen LogP contribution in [0.5, 0.6) is 0 Å². The molecule has 3 N–H and O–H groups in total. The second-order valence-electron chi connectivity index (χ2n) is 10.8. The fourth-order valence-electron chi connectivity index (χ4n) is 5.40. The first kappa shape index (κ1) is 24.2. The Kier molecular flexibility index (Phi) is 6.37. The first-order valence-corrected chi connectivity index (χ1v) is 13.4. The molecule has 7 nitrogen and oxygen atoms in total. The minimum Gasteiger partial charge on any atom is -0.368 e. The molecule has 7 heteroatoms. The number of hydrogen-bond acceptors (Lipinski definition) is 5. The maximum absolute atomic E-state index is 4.72. The van der Waals surface area contributed by atoms with Gasteiger partial charge in [0.15, 0.2) is 0 Å². The number of H-pyrrole nitrogens is 2. The SMILES string of the molecule is C=C(CC(C)C)Nc1cncc(-c2ccc3[nH]nc(-c4cc5c(N6CCN(C)CC6)cccc5[nH]4)c3c2)c1. The molecule has 194 valence electrons. The molecule has 38 heavy (non-hydrogen) atoms. The lowest BCUT2D eigenvalue weighted by molar-refractivity contribution is 0.313. The van der Waals surface area contributed by atoms with Crippen LogP contribution in [0.2, 0.25) is 0 Å². The normalized spacial score (nSPS) is 14.6. The molecule has 1 aliphatic heterocycles. The molecule has 1 fully saturated rings. The van der Waals surface area contributed by atoms with Gasteiger partial charge in [0, 0.05) is 65.6 Å². The van der Waals surface area contributed by atoms with Crippen molar-refractivity contribution < 1.29 is 0 Å². The number of rotatable bonds is 7. The van der Waals surface area contributed by atoms with E-state index < -0.39 is 0 Å². The van der Waals surface area contributed by atoms with Gasteiger partial charge < -0.3 is 20.1 Å². The number of aromatic nitrogens is 4. The minimum absolute atomic E-state index is 0.551. The Morgan fingerprint density at radius 1 is 0.974 bits per heavy atom. The molecule has 0 aliphatic carbocycles. The number of anilines is 2. The second kappa shape index (κ2) is 9.99. The van der Waals surface area contributed by atoms with Crippen molar-refractivity contribution in [1.29, 1.82) is 0 Å². The zero-order valence-electron chi connectivity index (χ0n) is 22.4. The van der Waals surface area contributed by atoms with E-state index >= 15 is 0 Å². The molecule has 3 aromatic heterocycles. The van der Waals surface area contributed by atoms with Gasteiger partial charge in [-0.1, -0.05) is 32.6 Å². The molecule has 4 heterocycles. The van der Waals surface area contributed by atoms with Crippen molar-refractivity contribution in [3.63, 3.8) is 0 Å². The number of aromatic amines is 2. The molecule has 0 unspecified atom stereocenters. The number of nitrogens with zero attached hydrogens (tertiary/aromatic N) is 4. The first-order valence-electron chi connectivity index (χ1n) is 13.4. The van der Waals surface area contributed by atoms with E-state index in [2.05, 4.69) is 106 Å². The number of fused-ring (bicyclic) bond motifs is 2. The molecule has 1 aliphatic rings. The third-order valence-corrected chi connectivity index (χ3v) is 7.35. The lowest BCUT2D eigenvalue weighted by Crippen LogP contribution is -2.44. The Hall–Kier alpha value is -4.10. The highest BCUT2D eigenvalue weighted by Crippen LogP contribution is 2.35. The number of hydrogen-bond donors (Lipinski definition) is 3. The van der Waals surface area contributed by atoms with Crippen LogP contribution in [0, 0.1) is 5.92 Å². The summed E-state index contributed by atoms with van der Waals surface area (Å²) in [7, 11) is 2.19. The molecule has 6 rings (SSSR count). The summed E-state index contributed by atoms with van der Waals surface area (Å²) >= 11 is 0. The molecule has 0 spiro atoms.